The van der Waals surface area contributed by atoms with Gasteiger partial charge in [-0.2, -0.15) is 0 Å². The number of methoxy groups -OCH3 is 1. The summed E-state index contributed by atoms with van der Waals surface area (Å²) < 4.78 is 4.67. The van der Waals surface area contributed by atoms with Gasteiger partial charge in [0.25, 0.3) is 0 Å². The first-order chi connectivity index (χ1) is 12.7. The van der Waals surface area contributed by atoms with E-state index in [2.05, 4.69) is 27.2 Å². The molecule has 1 amide bonds. The Morgan fingerprint density at radius 3 is 2.88 bits per heavy atom. The first kappa shape index (κ1) is 17.7. The van der Waals surface area contributed by atoms with E-state index in [-0.39, 0.29) is 11.9 Å². The molecule has 2 aromatic rings. The predicted molar refractivity (Wildman–Crippen MR) is 101 cm³/mol. The van der Waals surface area contributed by atoms with Gasteiger partial charge in [-0.15, -0.1) is 0 Å². The number of para-hydroxylation sites is 1. The molecule has 0 spiro atoms. The van der Waals surface area contributed by atoms with Crippen LogP contribution in [0.3, 0.4) is 0 Å². The molecule has 0 atom stereocenters. The number of amides is 1. The Hall–Kier alpha value is -3.08. The molecule has 0 bridgehead atoms. The van der Waals surface area contributed by atoms with Crippen molar-refractivity contribution in [2.75, 3.05) is 7.11 Å². The number of aromatic nitrogens is 1. The Labute approximate surface area is 152 Å². The van der Waals surface area contributed by atoms with Crippen LogP contribution in [-0.4, -0.2) is 24.0 Å². The van der Waals surface area contributed by atoms with E-state index in [1.165, 1.54) is 18.1 Å². The molecule has 5 nitrogen and oxygen atoms in total. The molecule has 1 aromatic carbocycles. The van der Waals surface area contributed by atoms with Crippen molar-refractivity contribution < 1.29 is 14.3 Å². The molecule has 1 aliphatic carbocycles. The molecule has 134 valence electrons. The largest absolute Gasteiger partial charge is 0.465 e. The average Bonchev–Trinajstić information content (AvgIpc) is 3.09. The van der Waals surface area contributed by atoms with Crippen molar-refractivity contribution in [3.63, 3.8) is 0 Å². The van der Waals surface area contributed by atoms with Crippen molar-refractivity contribution in [3.8, 4) is 0 Å². The van der Waals surface area contributed by atoms with Crippen molar-refractivity contribution in [2.24, 2.45) is 0 Å². The fraction of sp³-hybridized carbons (Fsp3) is 0.238. The molecular formula is C21H22N2O3. The van der Waals surface area contributed by atoms with Crippen LogP contribution in [0.5, 0.6) is 0 Å². The van der Waals surface area contributed by atoms with E-state index in [9.17, 15) is 9.59 Å². The summed E-state index contributed by atoms with van der Waals surface area (Å²) in [6, 6.07) is 8.18. The van der Waals surface area contributed by atoms with Crippen molar-refractivity contribution in [1.29, 1.82) is 0 Å². The number of H-pyrrole nitrogens is 1. The number of carbonyl (C=O) groups excluding carboxylic acids is 2. The molecule has 0 fully saturated rings. The third kappa shape index (κ3) is 4.30. The topological polar surface area (TPSA) is 71.2 Å². The van der Waals surface area contributed by atoms with Crippen LogP contribution >= 0.6 is 0 Å². The van der Waals surface area contributed by atoms with Crippen LogP contribution in [-0.2, 0) is 20.7 Å². The number of benzene rings is 1. The fourth-order valence-electron chi connectivity index (χ4n) is 2.96. The quantitative estimate of drug-likeness (QED) is 0.783. The van der Waals surface area contributed by atoms with Crippen LogP contribution in [0.25, 0.3) is 10.9 Å². The highest BCUT2D eigenvalue weighted by Gasteiger charge is 2.10. The van der Waals surface area contributed by atoms with Gasteiger partial charge in [-0.1, -0.05) is 30.4 Å². The van der Waals surface area contributed by atoms with Crippen LogP contribution in [0.15, 0.2) is 66.0 Å². The molecule has 0 radical (unpaired) electrons. The standard InChI is InChI=1S/C21H22N2O3/c1-26-21(25)16-11-9-15(10-12-16)13-23-20(24)8-4-5-17-14-22-19-7-3-2-6-18(17)19/h2-3,6-7,9,11-14,22H,4-5,8,10H2,1H3,(H,23,24). The van der Waals surface area contributed by atoms with E-state index >= 15 is 0 Å². The van der Waals surface area contributed by atoms with E-state index in [1.807, 2.05) is 24.4 Å². The Kier molecular flexibility index (Phi) is 5.69. The zero-order valence-corrected chi connectivity index (χ0v) is 14.7. The minimum Gasteiger partial charge on any atom is -0.465 e. The molecule has 0 unspecified atom stereocenters. The summed E-state index contributed by atoms with van der Waals surface area (Å²) in [7, 11) is 1.36. The van der Waals surface area contributed by atoms with Gasteiger partial charge in [0.2, 0.25) is 5.91 Å². The number of aryl methyl sites for hydroxylation is 1. The summed E-state index contributed by atoms with van der Waals surface area (Å²) in [5.41, 5.74) is 3.85. The second-order valence-corrected chi connectivity index (χ2v) is 6.19. The summed E-state index contributed by atoms with van der Waals surface area (Å²) in [4.78, 5) is 26.7. The maximum Gasteiger partial charge on any atom is 0.337 e. The molecule has 0 saturated heterocycles. The lowest BCUT2D eigenvalue weighted by Gasteiger charge is -2.08. The van der Waals surface area contributed by atoms with Gasteiger partial charge in [-0.25, -0.2) is 4.79 Å². The van der Waals surface area contributed by atoms with Crippen LogP contribution in [0.1, 0.15) is 24.8 Å². The first-order valence-corrected chi connectivity index (χ1v) is 8.67. The first-order valence-electron chi connectivity index (χ1n) is 8.67. The van der Waals surface area contributed by atoms with Gasteiger partial charge in [0, 0.05) is 29.7 Å². The molecule has 3 rings (SSSR count). The third-order valence-electron chi connectivity index (χ3n) is 4.40. The normalized spacial score (nSPS) is 15.1. The highest BCUT2D eigenvalue weighted by Crippen LogP contribution is 2.19. The number of esters is 1. The average molecular weight is 350 g/mol. The lowest BCUT2D eigenvalue weighted by molar-refractivity contribution is -0.135. The van der Waals surface area contributed by atoms with Gasteiger partial charge in [-0.3, -0.25) is 4.79 Å². The Morgan fingerprint density at radius 1 is 1.27 bits per heavy atom. The highest BCUT2D eigenvalue weighted by atomic mass is 16.5. The minimum atomic E-state index is -0.346. The third-order valence-corrected chi connectivity index (χ3v) is 4.40. The van der Waals surface area contributed by atoms with Crippen LogP contribution in [0.4, 0.5) is 0 Å². The van der Waals surface area contributed by atoms with E-state index in [0.717, 1.165) is 23.9 Å². The number of hydrogen-bond donors (Lipinski definition) is 2. The second-order valence-electron chi connectivity index (χ2n) is 6.19. The van der Waals surface area contributed by atoms with E-state index < -0.39 is 0 Å². The van der Waals surface area contributed by atoms with Gasteiger partial charge in [-0.05, 0) is 42.5 Å². The number of allylic oxidation sites excluding steroid dienone is 3. The second kappa shape index (κ2) is 8.34. The zero-order chi connectivity index (χ0) is 18.4. The van der Waals surface area contributed by atoms with Crippen LogP contribution in [0.2, 0.25) is 0 Å². The zero-order valence-electron chi connectivity index (χ0n) is 14.7. The summed E-state index contributed by atoms with van der Waals surface area (Å²) in [6.07, 6.45) is 11.7. The highest BCUT2D eigenvalue weighted by molar-refractivity contribution is 5.92. The monoisotopic (exact) mass is 350 g/mol. The summed E-state index contributed by atoms with van der Waals surface area (Å²) in [6.45, 7) is 0. The van der Waals surface area contributed by atoms with Crippen molar-refractivity contribution in [2.45, 2.75) is 25.7 Å². The van der Waals surface area contributed by atoms with Gasteiger partial charge >= 0.3 is 5.97 Å². The SMILES string of the molecule is COC(=O)C1=CCC(=CNC(=O)CCCc2c[nH]c3ccccc23)C=C1. The summed E-state index contributed by atoms with van der Waals surface area (Å²) in [5.74, 6) is -0.352. The summed E-state index contributed by atoms with van der Waals surface area (Å²) in [5, 5.41) is 4.04. The number of carbonyl (C=O) groups is 2. The van der Waals surface area contributed by atoms with Gasteiger partial charge in [0.05, 0.1) is 12.7 Å². The van der Waals surface area contributed by atoms with Gasteiger partial charge in [0.15, 0.2) is 0 Å². The van der Waals surface area contributed by atoms with Gasteiger partial charge < -0.3 is 15.0 Å². The molecule has 26 heavy (non-hydrogen) atoms. The lowest BCUT2D eigenvalue weighted by Crippen LogP contribution is -2.17. The van der Waals surface area contributed by atoms with Crippen molar-refractivity contribution >= 4 is 22.8 Å². The Morgan fingerprint density at radius 2 is 2.12 bits per heavy atom. The minimum absolute atomic E-state index is 0.00603. The number of hydrogen-bond acceptors (Lipinski definition) is 3. The van der Waals surface area contributed by atoms with E-state index in [0.29, 0.717) is 18.4 Å². The summed E-state index contributed by atoms with van der Waals surface area (Å²) >= 11 is 0. The maximum absolute atomic E-state index is 12.0. The fourth-order valence-corrected chi connectivity index (χ4v) is 2.96. The van der Waals surface area contributed by atoms with E-state index in [4.69, 9.17) is 0 Å². The van der Waals surface area contributed by atoms with Crippen molar-refractivity contribution in [3.05, 3.63) is 71.6 Å². The molecule has 5 heteroatoms. The van der Waals surface area contributed by atoms with Crippen molar-refractivity contribution in [1.82, 2.24) is 10.3 Å². The Balaban J connectivity index is 1.44. The predicted octanol–water partition coefficient (Wildman–Crippen LogP) is 3.55. The molecule has 0 aliphatic heterocycles. The number of fused-ring (bicyclic) bond motifs is 1. The van der Waals surface area contributed by atoms with Gasteiger partial charge in [0.1, 0.15) is 0 Å². The Bertz CT molecular complexity index is 903. The molecule has 1 heterocycles. The van der Waals surface area contributed by atoms with Crippen LogP contribution in [0, 0.1) is 0 Å². The molecule has 1 aliphatic rings. The number of rotatable bonds is 6. The number of ether oxygens (including phenoxy) is 1. The number of aromatic amines is 1. The molecule has 1 aromatic heterocycles. The number of nitrogens with one attached hydrogen (secondary N) is 2. The smallest absolute Gasteiger partial charge is 0.337 e. The molecular weight excluding hydrogens is 328 g/mol. The van der Waals surface area contributed by atoms with E-state index in [1.54, 1.807) is 18.4 Å². The molecule has 2 N–H and O–H groups in total. The molecule has 0 saturated carbocycles. The maximum atomic E-state index is 12.0. The lowest BCUT2D eigenvalue weighted by atomic mass is 10.0. The van der Waals surface area contributed by atoms with Crippen LogP contribution < -0.4 is 5.32 Å².